The van der Waals surface area contributed by atoms with E-state index in [1.165, 1.54) is 6.92 Å². The average molecular weight is 263 g/mol. The number of ether oxygens (including phenoxy) is 1. The van der Waals surface area contributed by atoms with Crippen LogP contribution >= 0.6 is 0 Å². The molecule has 1 unspecified atom stereocenters. The second-order valence-corrected chi connectivity index (χ2v) is 4.05. The first-order valence-corrected chi connectivity index (χ1v) is 5.66. The lowest BCUT2D eigenvalue weighted by Crippen LogP contribution is -2.38. The predicted molar refractivity (Wildman–Crippen MR) is 67.6 cm³/mol. The molecule has 2 rings (SSSR count). The summed E-state index contributed by atoms with van der Waals surface area (Å²) < 4.78 is 4.63. The molecule has 0 spiro atoms. The van der Waals surface area contributed by atoms with Gasteiger partial charge in [0.25, 0.3) is 5.91 Å². The van der Waals surface area contributed by atoms with Crippen molar-refractivity contribution in [1.82, 2.24) is 5.32 Å². The summed E-state index contributed by atoms with van der Waals surface area (Å²) in [6.07, 6.45) is -0.604. The molecule has 0 saturated carbocycles. The van der Waals surface area contributed by atoms with Gasteiger partial charge >= 0.3 is 6.09 Å². The van der Waals surface area contributed by atoms with E-state index in [9.17, 15) is 14.4 Å². The Bertz CT molecular complexity index is 529. The standard InChI is InChI=1S/C12H13N3O4/c1-7(16)13-8-3-2-4-9(5-8)14-11(17)10-6-19-12(18)15-10/h2-5,10H,6H2,1H3,(H,13,16)(H,14,17)(H,15,18). The van der Waals surface area contributed by atoms with Crippen molar-refractivity contribution in [2.45, 2.75) is 13.0 Å². The maximum Gasteiger partial charge on any atom is 0.407 e. The van der Waals surface area contributed by atoms with Crippen LogP contribution in [0, 0.1) is 0 Å². The Morgan fingerprint density at radius 2 is 2.00 bits per heavy atom. The number of carbonyl (C=O) groups excluding carboxylic acids is 3. The number of rotatable bonds is 3. The van der Waals surface area contributed by atoms with E-state index in [0.717, 1.165) is 0 Å². The number of carbonyl (C=O) groups is 3. The molecule has 0 aromatic heterocycles. The van der Waals surface area contributed by atoms with Gasteiger partial charge in [-0.3, -0.25) is 9.59 Å². The molecule has 1 aromatic carbocycles. The van der Waals surface area contributed by atoms with E-state index >= 15 is 0 Å². The van der Waals surface area contributed by atoms with E-state index in [4.69, 9.17) is 0 Å². The molecule has 7 nitrogen and oxygen atoms in total. The van der Waals surface area contributed by atoms with E-state index in [1.807, 2.05) is 0 Å². The number of amides is 3. The molecule has 1 atom stereocenters. The summed E-state index contributed by atoms with van der Waals surface area (Å²) >= 11 is 0. The highest BCUT2D eigenvalue weighted by atomic mass is 16.6. The summed E-state index contributed by atoms with van der Waals surface area (Å²) in [4.78, 5) is 33.6. The first-order valence-electron chi connectivity index (χ1n) is 5.66. The minimum atomic E-state index is -0.697. The van der Waals surface area contributed by atoms with E-state index < -0.39 is 12.1 Å². The van der Waals surface area contributed by atoms with Crippen LogP contribution in [0.4, 0.5) is 16.2 Å². The molecule has 0 aliphatic carbocycles. The van der Waals surface area contributed by atoms with Gasteiger partial charge in [0, 0.05) is 18.3 Å². The quantitative estimate of drug-likeness (QED) is 0.747. The monoisotopic (exact) mass is 263 g/mol. The van der Waals surface area contributed by atoms with Crippen molar-refractivity contribution in [2.24, 2.45) is 0 Å². The molecule has 7 heteroatoms. The Morgan fingerprint density at radius 3 is 2.58 bits per heavy atom. The van der Waals surface area contributed by atoms with Gasteiger partial charge in [0.15, 0.2) is 0 Å². The highest BCUT2D eigenvalue weighted by Crippen LogP contribution is 2.15. The number of cyclic esters (lactones) is 1. The molecule has 3 N–H and O–H groups in total. The smallest absolute Gasteiger partial charge is 0.407 e. The van der Waals surface area contributed by atoms with Crippen molar-refractivity contribution < 1.29 is 19.1 Å². The van der Waals surface area contributed by atoms with Crippen LogP contribution in [0.2, 0.25) is 0 Å². The van der Waals surface area contributed by atoms with Crippen molar-refractivity contribution in [3.63, 3.8) is 0 Å². The minimum absolute atomic E-state index is 0.00997. The summed E-state index contributed by atoms with van der Waals surface area (Å²) in [6.45, 7) is 1.41. The molecule has 1 aromatic rings. The van der Waals surface area contributed by atoms with E-state index in [1.54, 1.807) is 24.3 Å². The van der Waals surface area contributed by atoms with Gasteiger partial charge in [-0.1, -0.05) is 6.07 Å². The highest BCUT2D eigenvalue weighted by Gasteiger charge is 2.28. The summed E-state index contributed by atoms with van der Waals surface area (Å²) in [6, 6.07) is 6.01. The molecule has 1 aliphatic rings. The van der Waals surface area contributed by atoms with Crippen molar-refractivity contribution >= 4 is 29.3 Å². The first-order chi connectivity index (χ1) is 9.04. The third-order valence-electron chi connectivity index (χ3n) is 2.44. The lowest BCUT2D eigenvalue weighted by molar-refractivity contribution is -0.118. The maximum absolute atomic E-state index is 11.8. The molecule has 0 bridgehead atoms. The van der Waals surface area contributed by atoms with Crippen LogP contribution in [-0.2, 0) is 14.3 Å². The highest BCUT2D eigenvalue weighted by molar-refractivity contribution is 5.98. The molecular formula is C12H13N3O4. The maximum atomic E-state index is 11.8. The molecule has 1 aliphatic heterocycles. The molecule has 0 radical (unpaired) electrons. The molecule has 1 fully saturated rings. The van der Waals surface area contributed by atoms with Crippen LogP contribution in [0.5, 0.6) is 0 Å². The van der Waals surface area contributed by atoms with Gasteiger partial charge in [0.2, 0.25) is 5.91 Å². The third-order valence-corrected chi connectivity index (χ3v) is 2.44. The van der Waals surface area contributed by atoms with Crippen LogP contribution in [0.3, 0.4) is 0 Å². The SMILES string of the molecule is CC(=O)Nc1cccc(NC(=O)C2COC(=O)N2)c1. The lowest BCUT2D eigenvalue weighted by atomic mass is 10.2. The fourth-order valence-electron chi connectivity index (χ4n) is 1.63. The van der Waals surface area contributed by atoms with E-state index in [0.29, 0.717) is 11.4 Å². The third kappa shape index (κ3) is 3.44. The van der Waals surface area contributed by atoms with Crippen LogP contribution in [0.1, 0.15) is 6.92 Å². The van der Waals surface area contributed by atoms with Gasteiger partial charge in [-0.2, -0.15) is 0 Å². The zero-order valence-corrected chi connectivity index (χ0v) is 10.2. The first kappa shape index (κ1) is 12.9. The number of benzene rings is 1. The number of nitrogens with one attached hydrogen (secondary N) is 3. The fraction of sp³-hybridized carbons (Fsp3) is 0.250. The Morgan fingerprint density at radius 1 is 1.32 bits per heavy atom. The predicted octanol–water partition coefficient (Wildman–Crippen LogP) is 0.692. The van der Waals surface area contributed by atoms with Gasteiger partial charge in [0.05, 0.1) is 0 Å². The van der Waals surface area contributed by atoms with Crippen LogP contribution in [0.15, 0.2) is 24.3 Å². The number of alkyl carbamates (subject to hydrolysis) is 1. The van der Waals surface area contributed by atoms with Crippen molar-refractivity contribution in [3.05, 3.63) is 24.3 Å². The largest absolute Gasteiger partial charge is 0.447 e. The minimum Gasteiger partial charge on any atom is -0.447 e. The average Bonchev–Trinajstić information content (AvgIpc) is 2.75. The second kappa shape index (κ2) is 5.38. The zero-order chi connectivity index (χ0) is 13.8. The molecule has 1 saturated heterocycles. The van der Waals surface area contributed by atoms with E-state index in [-0.39, 0.29) is 18.4 Å². The molecule has 19 heavy (non-hydrogen) atoms. The normalized spacial score (nSPS) is 17.3. The van der Waals surface area contributed by atoms with Gasteiger partial charge in [-0.05, 0) is 18.2 Å². The lowest BCUT2D eigenvalue weighted by Gasteiger charge is -2.10. The Balaban J connectivity index is 2.00. The van der Waals surface area contributed by atoms with Crippen LogP contribution in [0.25, 0.3) is 0 Å². The molecule has 1 heterocycles. The summed E-state index contributed by atoms with van der Waals surface area (Å²) in [7, 11) is 0. The van der Waals surface area contributed by atoms with Crippen LogP contribution < -0.4 is 16.0 Å². The number of hydrogen-bond donors (Lipinski definition) is 3. The Hall–Kier alpha value is -2.57. The topological polar surface area (TPSA) is 96.5 Å². The molecular weight excluding hydrogens is 250 g/mol. The van der Waals surface area contributed by atoms with Gasteiger partial charge < -0.3 is 20.7 Å². The summed E-state index contributed by atoms with van der Waals surface area (Å²) in [5.74, 6) is -0.564. The second-order valence-electron chi connectivity index (χ2n) is 4.05. The Kier molecular flexibility index (Phi) is 3.65. The fourth-order valence-corrected chi connectivity index (χ4v) is 1.63. The van der Waals surface area contributed by atoms with Gasteiger partial charge in [-0.25, -0.2) is 4.79 Å². The van der Waals surface area contributed by atoms with Gasteiger partial charge in [0.1, 0.15) is 12.6 Å². The summed E-state index contributed by atoms with van der Waals surface area (Å²) in [5.41, 5.74) is 1.11. The van der Waals surface area contributed by atoms with Crippen molar-refractivity contribution in [1.29, 1.82) is 0 Å². The zero-order valence-electron chi connectivity index (χ0n) is 10.2. The van der Waals surface area contributed by atoms with Gasteiger partial charge in [-0.15, -0.1) is 0 Å². The van der Waals surface area contributed by atoms with Crippen molar-refractivity contribution in [3.8, 4) is 0 Å². The summed E-state index contributed by atoms with van der Waals surface area (Å²) in [5, 5.41) is 7.62. The number of hydrogen-bond acceptors (Lipinski definition) is 4. The van der Waals surface area contributed by atoms with Crippen molar-refractivity contribution in [2.75, 3.05) is 17.2 Å². The van der Waals surface area contributed by atoms with Crippen LogP contribution in [-0.4, -0.2) is 30.6 Å². The molecule has 3 amide bonds. The molecule has 100 valence electrons. The number of anilines is 2. The Labute approximate surface area is 109 Å². The van der Waals surface area contributed by atoms with E-state index in [2.05, 4.69) is 20.7 Å².